The van der Waals surface area contributed by atoms with E-state index in [1.54, 1.807) is 0 Å². The molecule has 0 aromatic heterocycles. The van der Waals surface area contributed by atoms with Crippen LogP contribution in [0.3, 0.4) is 0 Å². The number of hydrogen-bond donors (Lipinski definition) is 0. The van der Waals surface area contributed by atoms with Gasteiger partial charge in [-0.3, -0.25) is 4.90 Å². The molecule has 2 nitrogen and oxygen atoms in total. The van der Waals surface area contributed by atoms with Crippen molar-refractivity contribution in [2.24, 2.45) is 5.92 Å². The largest absolute Gasteiger partial charge is 0.304 e. The van der Waals surface area contributed by atoms with E-state index in [1.807, 2.05) is 0 Å². The maximum Gasteiger partial charge on any atom is 0.0122 e. The highest BCUT2D eigenvalue weighted by molar-refractivity contribution is 4.83. The number of piperazine rings is 1. The predicted molar refractivity (Wildman–Crippen MR) is 60.5 cm³/mol. The van der Waals surface area contributed by atoms with Crippen molar-refractivity contribution in [3.8, 4) is 0 Å². The third kappa shape index (κ3) is 2.29. The van der Waals surface area contributed by atoms with Gasteiger partial charge in [-0.05, 0) is 25.8 Å². The van der Waals surface area contributed by atoms with Gasteiger partial charge in [0.05, 0.1) is 0 Å². The number of hydrogen-bond acceptors (Lipinski definition) is 2. The van der Waals surface area contributed by atoms with E-state index in [-0.39, 0.29) is 0 Å². The first-order valence-corrected chi connectivity index (χ1v) is 6.20. The van der Waals surface area contributed by atoms with Crippen molar-refractivity contribution in [2.45, 2.75) is 38.6 Å². The van der Waals surface area contributed by atoms with Crippen LogP contribution in [0.5, 0.6) is 0 Å². The van der Waals surface area contributed by atoms with Crippen LogP contribution in [0.15, 0.2) is 0 Å². The van der Waals surface area contributed by atoms with Crippen molar-refractivity contribution in [3.05, 3.63) is 0 Å². The lowest BCUT2D eigenvalue weighted by Crippen LogP contribution is -2.51. The van der Waals surface area contributed by atoms with Crippen molar-refractivity contribution >= 4 is 0 Å². The maximum atomic E-state index is 2.74. The quantitative estimate of drug-likeness (QED) is 0.631. The molecule has 1 aliphatic carbocycles. The second-order valence-corrected chi connectivity index (χ2v) is 5.17. The van der Waals surface area contributed by atoms with E-state index in [4.69, 9.17) is 0 Å². The summed E-state index contributed by atoms with van der Waals surface area (Å²) in [4.78, 5) is 5.19. The van der Waals surface area contributed by atoms with Crippen LogP contribution in [0.2, 0.25) is 0 Å². The van der Waals surface area contributed by atoms with Crippen molar-refractivity contribution in [1.29, 1.82) is 0 Å². The van der Waals surface area contributed by atoms with Gasteiger partial charge in [0.25, 0.3) is 0 Å². The Kier molecular flexibility index (Phi) is 3.45. The van der Waals surface area contributed by atoms with Gasteiger partial charge in [0.1, 0.15) is 0 Å². The Morgan fingerprint density at radius 2 is 1.57 bits per heavy atom. The van der Waals surface area contributed by atoms with Gasteiger partial charge >= 0.3 is 0 Å². The van der Waals surface area contributed by atoms with Gasteiger partial charge < -0.3 is 4.90 Å². The molecule has 2 fully saturated rings. The summed E-state index contributed by atoms with van der Waals surface area (Å²) in [5, 5.41) is 0. The van der Waals surface area contributed by atoms with Gasteiger partial charge in [-0.1, -0.05) is 19.8 Å². The molecule has 0 N–H and O–H groups in total. The van der Waals surface area contributed by atoms with Gasteiger partial charge in [-0.15, -0.1) is 0 Å². The van der Waals surface area contributed by atoms with Crippen molar-refractivity contribution in [1.82, 2.24) is 9.80 Å². The normalized spacial score (nSPS) is 37.3. The summed E-state index contributed by atoms with van der Waals surface area (Å²) in [6.45, 7) is 7.58. The minimum absolute atomic E-state index is 0.900. The highest BCUT2D eigenvalue weighted by atomic mass is 15.3. The Labute approximate surface area is 88.3 Å². The van der Waals surface area contributed by atoms with Crippen molar-refractivity contribution in [3.63, 3.8) is 0 Å². The molecule has 14 heavy (non-hydrogen) atoms. The molecule has 0 radical (unpaired) electrons. The van der Waals surface area contributed by atoms with Crippen LogP contribution in [0, 0.1) is 5.92 Å². The average Bonchev–Trinajstić information content (AvgIpc) is 2.20. The van der Waals surface area contributed by atoms with Crippen molar-refractivity contribution in [2.75, 3.05) is 33.2 Å². The lowest BCUT2D eigenvalue weighted by atomic mass is 9.84. The fourth-order valence-electron chi connectivity index (χ4n) is 2.99. The van der Waals surface area contributed by atoms with E-state index in [0.29, 0.717) is 0 Å². The molecule has 1 heterocycles. The highest BCUT2D eigenvalue weighted by Gasteiger charge is 2.28. The molecular formula is C12H24N2. The predicted octanol–water partition coefficient (Wildman–Crippen LogP) is 1.81. The lowest BCUT2D eigenvalue weighted by molar-refractivity contribution is 0.0637. The summed E-state index contributed by atoms with van der Waals surface area (Å²) in [5.74, 6) is 0.937. The molecule has 0 aromatic rings. The van der Waals surface area contributed by atoms with Crippen LogP contribution in [0.1, 0.15) is 32.6 Å². The molecule has 2 aliphatic rings. The summed E-state index contributed by atoms with van der Waals surface area (Å²) in [7, 11) is 2.24. The van der Waals surface area contributed by atoms with E-state index in [1.165, 1.54) is 51.9 Å². The van der Waals surface area contributed by atoms with Gasteiger partial charge in [0, 0.05) is 32.2 Å². The first-order chi connectivity index (χ1) is 6.77. The first-order valence-electron chi connectivity index (χ1n) is 6.20. The molecule has 82 valence electrons. The Bertz CT molecular complexity index is 173. The number of likely N-dealkylation sites (N-methyl/N-ethyl adjacent to an activating group) is 1. The topological polar surface area (TPSA) is 6.48 Å². The summed E-state index contributed by atoms with van der Waals surface area (Å²) >= 11 is 0. The Balaban J connectivity index is 1.87. The molecule has 1 saturated carbocycles. The Hall–Kier alpha value is -0.0800. The third-order valence-electron chi connectivity index (χ3n) is 4.07. The number of rotatable bonds is 1. The third-order valence-corrected chi connectivity index (χ3v) is 4.07. The van der Waals surface area contributed by atoms with Gasteiger partial charge in [-0.25, -0.2) is 0 Å². The van der Waals surface area contributed by atoms with Crippen LogP contribution < -0.4 is 0 Å². The zero-order chi connectivity index (χ0) is 9.97. The fraction of sp³-hybridized carbons (Fsp3) is 1.00. The Morgan fingerprint density at radius 3 is 2.21 bits per heavy atom. The fourth-order valence-corrected chi connectivity index (χ4v) is 2.99. The zero-order valence-corrected chi connectivity index (χ0v) is 9.71. The molecule has 1 saturated heterocycles. The molecule has 0 amide bonds. The summed E-state index contributed by atoms with van der Waals surface area (Å²) in [6.07, 6.45) is 5.83. The molecule has 2 heteroatoms. The molecular weight excluding hydrogens is 172 g/mol. The SMILES string of the molecule is CC1CCCCC1N1CCN(C)CC1. The minimum Gasteiger partial charge on any atom is -0.304 e. The average molecular weight is 196 g/mol. The molecule has 0 aromatic carbocycles. The standard InChI is InChI=1S/C12H24N2/c1-11-5-3-4-6-12(11)14-9-7-13(2)8-10-14/h11-12H,3-10H2,1-2H3. The summed E-state index contributed by atoms with van der Waals surface area (Å²) < 4.78 is 0. The van der Waals surface area contributed by atoms with Crippen LogP contribution in [-0.2, 0) is 0 Å². The van der Waals surface area contributed by atoms with Gasteiger partial charge in [-0.2, -0.15) is 0 Å². The highest BCUT2D eigenvalue weighted by Crippen LogP contribution is 2.28. The van der Waals surface area contributed by atoms with Crippen LogP contribution in [0.4, 0.5) is 0 Å². The monoisotopic (exact) mass is 196 g/mol. The smallest absolute Gasteiger partial charge is 0.0122 e. The molecule has 2 atom stereocenters. The molecule has 0 bridgehead atoms. The van der Waals surface area contributed by atoms with E-state index in [2.05, 4.69) is 23.8 Å². The molecule has 2 rings (SSSR count). The summed E-state index contributed by atoms with van der Waals surface area (Å²) in [6, 6.07) is 0.900. The minimum atomic E-state index is 0.900. The maximum absolute atomic E-state index is 2.74. The Morgan fingerprint density at radius 1 is 0.929 bits per heavy atom. The second kappa shape index (κ2) is 4.63. The van der Waals surface area contributed by atoms with Crippen LogP contribution in [0.25, 0.3) is 0 Å². The van der Waals surface area contributed by atoms with Crippen molar-refractivity contribution < 1.29 is 0 Å². The summed E-state index contributed by atoms with van der Waals surface area (Å²) in [5.41, 5.74) is 0. The number of nitrogens with zero attached hydrogens (tertiary/aromatic N) is 2. The van der Waals surface area contributed by atoms with E-state index in [9.17, 15) is 0 Å². The van der Waals surface area contributed by atoms with Crippen LogP contribution in [-0.4, -0.2) is 49.1 Å². The molecule has 2 unspecified atom stereocenters. The van der Waals surface area contributed by atoms with Gasteiger partial charge in [0.15, 0.2) is 0 Å². The zero-order valence-electron chi connectivity index (χ0n) is 9.71. The first kappa shape index (κ1) is 10.4. The lowest BCUT2D eigenvalue weighted by Gasteiger charge is -2.42. The second-order valence-electron chi connectivity index (χ2n) is 5.17. The molecule has 1 aliphatic heterocycles. The van der Waals surface area contributed by atoms with Crippen LogP contribution >= 0.6 is 0 Å². The molecule has 0 spiro atoms. The van der Waals surface area contributed by atoms with E-state index >= 15 is 0 Å². The van der Waals surface area contributed by atoms with E-state index < -0.39 is 0 Å². The van der Waals surface area contributed by atoms with E-state index in [0.717, 1.165) is 12.0 Å². The van der Waals surface area contributed by atoms with Gasteiger partial charge in [0.2, 0.25) is 0 Å².